The number of nitrogens with zero attached hydrogens (tertiary/aromatic N) is 4. The largest absolute Gasteiger partial charge is 0.383 e. The molecule has 0 saturated carbocycles. The molecule has 3 aromatic heterocycles. The van der Waals surface area contributed by atoms with Crippen molar-refractivity contribution in [2.45, 2.75) is 25.3 Å². The van der Waals surface area contributed by atoms with E-state index in [1.807, 2.05) is 25.5 Å². The van der Waals surface area contributed by atoms with Gasteiger partial charge in [-0.25, -0.2) is 9.97 Å². The van der Waals surface area contributed by atoms with Crippen molar-refractivity contribution in [3.05, 3.63) is 54.0 Å². The molecule has 1 N–H and O–H groups in total. The number of rotatable bonds is 7. The number of likely N-dealkylation sites (N-methyl/N-ethyl adjacent to an activating group) is 1. The summed E-state index contributed by atoms with van der Waals surface area (Å²) in [5, 5.41) is 1.28. The fourth-order valence-corrected chi connectivity index (χ4v) is 4.05. The van der Waals surface area contributed by atoms with Gasteiger partial charge in [0, 0.05) is 51.2 Å². The maximum Gasteiger partial charge on any atom is 0.137 e. The lowest BCUT2D eigenvalue weighted by Gasteiger charge is -2.32. The third-order valence-electron chi connectivity index (χ3n) is 5.75. The average Bonchev–Trinajstić information content (AvgIpc) is 3.17. The van der Waals surface area contributed by atoms with Crippen LogP contribution in [-0.2, 0) is 11.3 Å². The zero-order valence-electron chi connectivity index (χ0n) is 16.8. The van der Waals surface area contributed by atoms with E-state index in [0.29, 0.717) is 12.5 Å². The fraction of sp³-hybridized carbons (Fsp3) is 0.455. The highest BCUT2D eigenvalue weighted by Crippen LogP contribution is 2.32. The van der Waals surface area contributed by atoms with Crippen molar-refractivity contribution in [1.82, 2.24) is 19.9 Å². The highest BCUT2D eigenvalue weighted by Gasteiger charge is 2.23. The number of pyridine rings is 2. The molecule has 6 nitrogen and oxygen atoms in total. The molecule has 4 rings (SSSR count). The van der Waals surface area contributed by atoms with Gasteiger partial charge in [-0.2, -0.15) is 0 Å². The van der Waals surface area contributed by atoms with E-state index in [0.717, 1.165) is 37.6 Å². The van der Waals surface area contributed by atoms with Gasteiger partial charge >= 0.3 is 0 Å². The van der Waals surface area contributed by atoms with Crippen LogP contribution in [0.3, 0.4) is 0 Å². The minimum atomic E-state index is 0.615. The maximum absolute atomic E-state index is 5.14. The second-order valence-electron chi connectivity index (χ2n) is 7.63. The Balaban J connectivity index is 1.32. The highest BCUT2D eigenvalue weighted by molar-refractivity contribution is 5.80. The Morgan fingerprint density at radius 1 is 1.21 bits per heavy atom. The van der Waals surface area contributed by atoms with E-state index in [2.05, 4.69) is 49.1 Å². The van der Waals surface area contributed by atoms with Crippen LogP contribution in [0.5, 0.6) is 0 Å². The molecule has 0 unspecified atom stereocenters. The molecule has 4 heterocycles. The minimum Gasteiger partial charge on any atom is -0.383 e. The number of anilines is 1. The van der Waals surface area contributed by atoms with Crippen LogP contribution < -0.4 is 4.90 Å². The SMILES string of the molecule is COCCN(C)c1ccc(CN2CCC(c3c[nH]c4ncccc34)CC2)cn1. The van der Waals surface area contributed by atoms with E-state index < -0.39 is 0 Å². The fourth-order valence-electron chi connectivity index (χ4n) is 4.05. The number of hydrogen-bond acceptors (Lipinski definition) is 5. The van der Waals surface area contributed by atoms with Crippen LogP contribution >= 0.6 is 0 Å². The van der Waals surface area contributed by atoms with Crippen molar-refractivity contribution in [3.8, 4) is 0 Å². The number of ether oxygens (including phenoxy) is 1. The molecule has 0 aliphatic carbocycles. The summed E-state index contributed by atoms with van der Waals surface area (Å²) in [6.07, 6.45) is 8.39. The number of H-pyrrole nitrogens is 1. The standard InChI is InChI=1S/C22H29N5O/c1-26(12-13-28-2)21-6-5-17(14-24-21)16-27-10-7-18(8-11-27)20-15-25-22-19(20)4-3-9-23-22/h3-6,9,14-15,18H,7-8,10-13,16H2,1-2H3,(H,23,25). The first-order chi connectivity index (χ1) is 13.7. The van der Waals surface area contributed by atoms with Crippen LogP contribution in [0.1, 0.15) is 29.9 Å². The van der Waals surface area contributed by atoms with E-state index >= 15 is 0 Å². The Morgan fingerprint density at radius 2 is 2.07 bits per heavy atom. The quantitative estimate of drug-likeness (QED) is 0.682. The van der Waals surface area contributed by atoms with E-state index in [1.54, 1.807) is 7.11 Å². The first-order valence-corrected chi connectivity index (χ1v) is 10.0. The molecule has 6 heteroatoms. The molecule has 0 bridgehead atoms. The number of aromatic nitrogens is 3. The van der Waals surface area contributed by atoms with Crippen molar-refractivity contribution < 1.29 is 4.74 Å². The summed E-state index contributed by atoms with van der Waals surface area (Å²) in [4.78, 5) is 17.0. The molecular weight excluding hydrogens is 350 g/mol. The third kappa shape index (κ3) is 4.18. The van der Waals surface area contributed by atoms with Crippen LogP contribution in [0, 0.1) is 0 Å². The summed E-state index contributed by atoms with van der Waals surface area (Å²) >= 11 is 0. The molecule has 1 fully saturated rings. The number of aromatic amines is 1. The molecule has 0 amide bonds. The third-order valence-corrected chi connectivity index (χ3v) is 5.75. The normalized spacial score (nSPS) is 15.9. The number of methoxy groups -OCH3 is 1. The summed E-state index contributed by atoms with van der Waals surface area (Å²) < 4.78 is 5.14. The summed E-state index contributed by atoms with van der Waals surface area (Å²) in [7, 11) is 3.77. The van der Waals surface area contributed by atoms with Gasteiger partial charge in [0.25, 0.3) is 0 Å². The van der Waals surface area contributed by atoms with Gasteiger partial charge in [0.1, 0.15) is 11.5 Å². The molecule has 148 valence electrons. The number of hydrogen-bond donors (Lipinski definition) is 1. The summed E-state index contributed by atoms with van der Waals surface area (Å²) in [6.45, 7) is 4.76. The lowest BCUT2D eigenvalue weighted by Crippen LogP contribution is -2.32. The molecule has 0 radical (unpaired) electrons. The molecular formula is C22H29N5O. The average molecular weight is 380 g/mol. The molecule has 1 aliphatic heterocycles. The van der Waals surface area contributed by atoms with E-state index in [9.17, 15) is 0 Å². The molecule has 1 aliphatic rings. The van der Waals surface area contributed by atoms with Crippen LogP contribution in [0.25, 0.3) is 11.0 Å². The Bertz CT molecular complexity index is 883. The Kier molecular flexibility index (Phi) is 5.88. The molecule has 1 saturated heterocycles. The smallest absolute Gasteiger partial charge is 0.137 e. The Hall–Kier alpha value is -2.44. The Labute approximate surface area is 166 Å². The van der Waals surface area contributed by atoms with Crippen LogP contribution in [-0.4, -0.2) is 60.3 Å². The van der Waals surface area contributed by atoms with Crippen molar-refractivity contribution in [3.63, 3.8) is 0 Å². The van der Waals surface area contributed by atoms with Crippen molar-refractivity contribution in [2.75, 3.05) is 45.3 Å². The van der Waals surface area contributed by atoms with Crippen molar-refractivity contribution in [1.29, 1.82) is 0 Å². The molecule has 3 aromatic rings. The van der Waals surface area contributed by atoms with E-state index in [1.165, 1.54) is 29.4 Å². The monoisotopic (exact) mass is 379 g/mol. The van der Waals surface area contributed by atoms with E-state index in [4.69, 9.17) is 4.74 Å². The van der Waals surface area contributed by atoms with Gasteiger partial charge in [-0.15, -0.1) is 0 Å². The van der Waals surface area contributed by atoms with Gasteiger partial charge in [0.05, 0.1) is 6.61 Å². The Morgan fingerprint density at radius 3 is 2.82 bits per heavy atom. The predicted molar refractivity (Wildman–Crippen MR) is 113 cm³/mol. The molecule has 28 heavy (non-hydrogen) atoms. The second-order valence-corrected chi connectivity index (χ2v) is 7.63. The number of piperidine rings is 1. The van der Waals surface area contributed by atoms with Gasteiger partial charge in [-0.05, 0) is 61.2 Å². The maximum atomic E-state index is 5.14. The number of nitrogens with one attached hydrogen (secondary N) is 1. The van der Waals surface area contributed by atoms with Gasteiger partial charge in [-0.1, -0.05) is 6.07 Å². The predicted octanol–water partition coefficient (Wildman–Crippen LogP) is 3.42. The molecule has 0 atom stereocenters. The van der Waals surface area contributed by atoms with Crippen molar-refractivity contribution in [2.24, 2.45) is 0 Å². The van der Waals surface area contributed by atoms with Gasteiger partial charge < -0.3 is 14.6 Å². The first-order valence-electron chi connectivity index (χ1n) is 10.0. The topological polar surface area (TPSA) is 57.3 Å². The van der Waals surface area contributed by atoms with Crippen LogP contribution in [0.4, 0.5) is 5.82 Å². The first kappa shape index (κ1) is 18.9. The zero-order valence-corrected chi connectivity index (χ0v) is 16.8. The lowest BCUT2D eigenvalue weighted by atomic mass is 9.89. The van der Waals surface area contributed by atoms with Crippen LogP contribution in [0.2, 0.25) is 0 Å². The molecule has 0 aromatic carbocycles. The number of likely N-dealkylation sites (tertiary alicyclic amines) is 1. The highest BCUT2D eigenvalue weighted by atomic mass is 16.5. The van der Waals surface area contributed by atoms with Crippen LogP contribution in [0.15, 0.2) is 42.9 Å². The number of fused-ring (bicyclic) bond motifs is 1. The van der Waals surface area contributed by atoms with E-state index in [-0.39, 0.29) is 0 Å². The summed E-state index contributed by atoms with van der Waals surface area (Å²) in [5.41, 5.74) is 3.70. The second kappa shape index (κ2) is 8.71. The zero-order chi connectivity index (χ0) is 19.3. The van der Waals surface area contributed by atoms with Gasteiger partial charge in [0.15, 0.2) is 0 Å². The summed E-state index contributed by atoms with van der Waals surface area (Å²) in [5.74, 6) is 1.61. The van der Waals surface area contributed by atoms with Gasteiger partial charge in [0.2, 0.25) is 0 Å². The lowest BCUT2D eigenvalue weighted by molar-refractivity contribution is 0.204. The van der Waals surface area contributed by atoms with Crippen molar-refractivity contribution >= 4 is 16.9 Å². The molecule has 0 spiro atoms. The van der Waals surface area contributed by atoms with Gasteiger partial charge in [-0.3, -0.25) is 4.90 Å². The minimum absolute atomic E-state index is 0.615. The summed E-state index contributed by atoms with van der Waals surface area (Å²) in [6, 6.07) is 8.51.